The molecule has 2 aromatic heterocycles. The number of nitrogens with zero attached hydrogens (tertiary/aromatic N) is 3. The highest BCUT2D eigenvalue weighted by molar-refractivity contribution is 5.88. The Morgan fingerprint density at radius 1 is 1.50 bits per heavy atom. The number of carbonyl (C=O) groups excluding carboxylic acids is 1. The molecule has 0 aliphatic carbocycles. The summed E-state index contributed by atoms with van der Waals surface area (Å²) in [6.45, 7) is 4.38. The normalized spacial score (nSPS) is 12.6. The lowest BCUT2D eigenvalue weighted by Crippen LogP contribution is -2.07. The number of hydrogen-bond acceptors (Lipinski definition) is 5. The first-order valence-electron chi connectivity index (χ1n) is 6.71. The summed E-state index contributed by atoms with van der Waals surface area (Å²) in [4.78, 5) is 16.1. The van der Waals surface area contributed by atoms with Gasteiger partial charge in [-0.2, -0.15) is 5.10 Å². The van der Waals surface area contributed by atoms with Gasteiger partial charge in [-0.3, -0.25) is 0 Å². The Bertz CT molecular complexity index is 594. The topological polar surface area (TPSA) is 65.7 Å². The van der Waals surface area contributed by atoms with Crippen LogP contribution in [0.15, 0.2) is 18.5 Å². The molecule has 0 aromatic carbocycles. The molecule has 0 saturated carbocycles. The van der Waals surface area contributed by atoms with E-state index in [-0.39, 0.29) is 11.8 Å². The smallest absolute Gasteiger partial charge is 0.358 e. The SMILES string of the molecule is CCCCOC(=O)c1cc2ncc(C(C)OC)cn2n1. The summed E-state index contributed by atoms with van der Waals surface area (Å²) < 4.78 is 11.9. The third kappa shape index (κ3) is 3.14. The average molecular weight is 277 g/mol. The molecule has 0 bridgehead atoms. The fraction of sp³-hybridized carbons (Fsp3) is 0.500. The fourth-order valence-corrected chi connectivity index (χ4v) is 1.72. The average Bonchev–Trinajstić information content (AvgIpc) is 2.89. The first-order chi connectivity index (χ1) is 9.65. The van der Waals surface area contributed by atoms with Crippen molar-refractivity contribution in [2.75, 3.05) is 13.7 Å². The van der Waals surface area contributed by atoms with E-state index >= 15 is 0 Å². The van der Waals surface area contributed by atoms with Crippen LogP contribution < -0.4 is 0 Å². The Kier molecular flexibility index (Phi) is 4.68. The first kappa shape index (κ1) is 14.5. The fourth-order valence-electron chi connectivity index (χ4n) is 1.72. The van der Waals surface area contributed by atoms with E-state index in [0.717, 1.165) is 18.4 Å². The third-order valence-corrected chi connectivity index (χ3v) is 3.10. The Morgan fingerprint density at radius 3 is 3.00 bits per heavy atom. The predicted octanol–water partition coefficient (Wildman–Crippen LogP) is 2.39. The van der Waals surface area contributed by atoms with Crippen molar-refractivity contribution in [2.45, 2.75) is 32.8 Å². The summed E-state index contributed by atoms with van der Waals surface area (Å²) in [6.07, 6.45) is 5.29. The second-order valence-electron chi connectivity index (χ2n) is 4.59. The highest BCUT2D eigenvalue weighted by atomic mass is 16.5. The van der Waals surface area contributed by atoms with Crippen LogP contribution in [-0.4, -0.2) is 34.3 Å². The second-order valence-corrected chi connectivity index (χ2v) is 4.59. The highest BCUT2D eigenvalue weighted by Gasteiger charge is 2.14. The summed E-state index contributed by atoms with van der Waals surface area (Å²) in [5.74, 6) is -0.412. The number of esters is 1. The van der Waals surface area contributed by atoms with Crippen LogP contribution in [0.5, 0.6) is 0 Å². The minimum Gasteiger partial charge on any atom is -0.461 e. The molecule has 6 nitrogen and oxygen atoms in total. The van der Waals surface area contributed by atoms with Gasteiger partial charge >= 0.3 is 5.97 Å². The molecule has 0 spiro atoms. The molecule has 0 fully saturated rings. The molecule has 0 amide bonds. The maximum absolute atomic E-state index is 11.8. The standard InChI is InChI=1S/C14H19N3O3/c1-4-5-6-20-14(18)12-7-13-15-8-11(10(2)19-3)9-17(13)16-12/h7-10H,4-6H2,1-3H3. The number of rotatable bonds is 6. The summed E-state index contributed by atoms with van der Waals surface area (Å²) in [5.41, 5.74) is 1.78. The van der Waals surface area contributed by atoms with Gasteiger partial charge in [0.25, 0.3) is 0 Å². The number of methoxy groups -OCH3 is 1. The van der Waals surface area contributed by atoms with Gasteiger partial charge in [0.2, 0.25) is 0 Å². The lowest BCUT2D eigenvalue weighted by molar-refractivity contribution is 0.0492. The summed E-state index contributed by atoms with van der Waals surface area (Å²) in [7, 11) is 1.63. The monoisotopic (exact) mass is 277 g/mol. The van der Waals surface area contributed by atoms with E-state index in [0.29, 0.717) is 12.3 Å². The van der Waals surface area contributed by atoms with Gasteiger partial charge in [-0.05, 0) is 13.3 Å². The lowest BCUT2D eigenvalue weighted by atomic mass is 10.2. The van der Waals surface area contributed by atoms with Gasteiger partial charge in [-0.25, -0.2) is 14.3 Å². The predicted molar refractivity (Wildman–Crippen MR) is 73.6 cm³/mol. The minimum atomic E-state index is -0.412. The van der Waals surface area contributed by atoms with E-state index in [1.807, 2.05) is 13.8 Å². The zero-order chi connectivity index (χ0) is 14.5. The molecule has 0 radical (unpaired) electrons. The minimum absolute atomic E-state index is 0.0731. The van der Waals surface area contributed by atoms with Crippen molar-refractivity contribution in [3.63, 3.8) is 0 Å². The highest BCUT2D eigenvalue weighted by Crippen LogP contribution is 2.15. The van der Waals surface area contributed by atoms with Crippen molar-refractivity contribution in [3.8, 4) is 0 Å². The van der Waals surface area contributed by atoms with Crippen molar-refractivity contribution in [3.05, 3.63) is 29.7 Å². The van der Waals surface area contributed by atoms with Gasteiger partial charge in [0.15, 0.2) is 11.3 Å². The summed E-state index contributed by atoms with van der Waals surface area (Å²) in [6, 6.07) is 1.62. The van der Waals surface area contributed by atoms with Gasteiger partial charge in [-0.15, -0.1) is 0 Å². The lowest BCUT2D eigenvalue weighted by Gasteiger charge is -2.08. The van der Waals surface area contributed by atoms with Gasteiger partial charge in [0, 0.05) is 31.1 Å². The number of aromatic nitrogens is 3. The molecule has 2 rings (SSSR count). The maximum Gasteiger partial charge on any atom is 0.358 e. The Balaban J connectivity index is 2.18. The molecular weight excluding hydrogens is 258 g/mol. The molecule has 0 aliphatic rings. The van der Waals surface area contributed by atoms with Crippen LogP contribution >= 0.6 is 0 Å². The van der Waals surface area contributed by atoms with Gasteiger partial charge in [0.05, 0.1) is 12.7 Å². The van der Waals surface area contributed by atoms with Gasteiger partial charge in [-0.1, -0.05) is 13.3 Å². The molecule has 108 valence electrons. The van der Waals surface area contributed by atoms with E-state index in [2.05, 4.69) is 10.1 Å². The molecule has 1 unspecified atom stereocenters. The molecular formula is C14H19N3O3. The molecule has 1 atom stereocenters. The number of hydrogen-bond donors (Lipinski definition) is 0. The van der Waals surface area contributed by atoms with E-state index in [1.165, 1.54) is 0 Å². The Labute approximate surface area is 117 Å². The number of unbranched alkanes of at least 4 members (excludes halogenated alkanes) is 1. The van der Waals surface area contributed by atoms with Crippen molar-refractivity contribution < 1.29 is 14.3 Å². The third-order valence-electron chi connectivity index (χ3n) is 3.10. The van der Waals surface area contributed by atoms with Crippen molar-refractivity contribution in [1.29, 1.82) is 0 Å². The summed E-state index contributed by atoms with van der Waals surface area (Å²) in [5, 5.41) is 4.19. The van der Waals surface area contributed by atoms with Gasteiger partial charge in [0.1, 0.15) is 0 Å². The number of fused-ring (bicyclic) bond motifs is 1. The summed E-state index contributed by atoms with van der Waals surface area (Å²) >= 11 is 0. The van der Waals surface area contributed by atoms with E-state index in [9.17, 15) is 4.79 Å². The van der Waals surface area contributed by atoms with Crippen molar-refractivity contribution >= 4 is 11.6 Å². The zero-order valence-corrected chi connectivity index (χ0v) is 12.0. The van der Waals surface area contributed by atoms with E-state index in [1.54, 1.807) is 30.1 Å². The Hall–Kier alpha value is -1.95. The second kappa shape index (κ2) is 6.47. The van der Waals surface area contributed by atoms with E-state index in [4.69, 9.17) is 9.47 Å². The maximum atomic E-state index is 11.8. The molecule has 0 saturated heterocycles. The molecule has 2 heterocycles. The van der Waals surface area contributed by atoms with Crippen LogP contribution in [0.25, 0.3) is 5.65 Å². The van der Waals surface area contributed by atoms with Crippen LogP contribution in [0.1, 0.15) is 48.8 Å². The largest absolute Gasteiger partial charge is 0.461 e. The zero-order valence-electron chi connectivity index (χ0n) is 12.0. The Morgan fingerprint density at radius 2 is 2.30 bits per heavy atom. The molecule has 2 aromatic rings. The van der Waals surface area contributed by atoms with Crippen LogP contribution in [0.4, 0.5) is 0 Å². The van der Waals surface area contributed by atoms with Crippen LogP contribution in [0, 0.1) is 0 Å². The number of ether oxygens (including phenoxy) is 2. The van der Waals surface area contributed by atoms with Crippen molar-refractivity contribution in [1.82, 2.24) is 14.6 Å². The van der Waals surface area contributed by atoms with Gasteiger partial charge < -0.3 is 9.47 Å². The van der Waals surface area contributed by atoms with Crippen LogP contribution in [0.3, 0.4) is 0 Å². The van der Waals surface area contributed by atoms with Crippen LogP contribution in [-0.2, 0) is 9.47 Å². The van der Waals surface area contributed by atoms with Crippen molar-refractivity contribution in [2.24, 2.45) is 0 Å². The molecule has 0 N–H and O–H groups in total. The first-order valence-corrected chi connectivity index (χ1v) is 6.71. The number of carbonyl (C=O) groups is 1. The van der Waals surface area contributed by atoms with Crippen LogP contribution in [0.2, 0.25) is 0 Å². The molecule has 0 aliphatic heterocycles. The molecule has 6 heteroatoms. The van der Waals surface area contributed by atoms with E-state index < -0.39 is 5.97 Å². The quantitative estimate of drug-likeness (QED) is 0.599. The molecule has 20 heavy (non-hydrogen) atoms.